The van der Waals surface area contributed by atoms with E-state index in [2.05, 4.69) is 49.7 Å². The lowest BCUT2D eigenvalue weighted by Gasteiger charge is -2.28. The van der Waals surface area contributed by atoms with Crippen LogP contribution in [0.25, 0.3) is 10.7 Å². The van der Waals surface area contributed by atoms with Gasteiger partial charge in [-0.15, -0.1) is 10.2 Å². The predicted molar refractivity (Wildman–Crippen MR) is 106 cm³/mol. The van der Waals surface area contributed by atoms with E-state index in [0.29, 0.717) is 0 Å². The Labute approximate surface area is 155 Å². The van der Waals surface area contributed by atoms with Gasteiger partial charge >= 0.3 is 0 Å². The second-order valence-electron chi connectivity index (χ2n) is 5.75. The van der Waals surface area contributed by atoms with Crippen LogP contribution in [0.4, 0.5) is 10.8 Å². The molecule has 1 aliphatic rings. The van der Waals surface area contributed by atoms with E-state index in [-0.39, 0.29) is 0 Å². The van der Waals surface area contributed by atoms with Gasteiger partial charge in [0.25, 0.3) is 0 Å². The molecule has 1 aromatic carbocycles. The molecule has 3 heterocycles. The van der Waals surface area contributed by atoms with Gasteiger partial charge in [0.2, 0.25) is 5.13 Å². The maximum atomic E-state index is 4.31. The number of hydrogen-bond donors (Lipinski definition) is 1. The largest absolute Gasteiger partial charge is 0.370 e. The summed E-state index contributed by atoms with van der Waals surface area (Å²) in [5, 5.41) is 13.4. The van der Waals surface area contributed by atoms with Crippen molar-refractivity contribution in [1.29, 1.82) is 0 Å². The highest BCUT2D eigenvalue weighted by Gasteiger charge is 2.11. The van der Waals surface area contributed by atoms with E-state index in [9.17, 15) is 0 Å². The number of pyridine rings is 1. The van der Waals surface area contributed by atoms with Crippen LogP contribution in [-0.2, 0) is 6.54 Å². The highest BCUT2D eigenvalue weighted by atomic mass is 32.2. The molecule has 1 saturated heterocycles. The summed E-state index contributed by atoms with van der Waals surface area (Å²) in [7, 11) is 0. The van der Waals surface area contributed by atoms with Gasteiger partial charge < -0.3 is 10.2 Å². The van der Waals surface area contributed by atoms with Gasteiger partial charge in [0.05, 0.1) is 0 Å². The SMILES string of the molecule is c1ccc(-c2nnc(NCc3ccc(N4CCSCC4)cc3)s2)nc1. The number of rotatable bonds is 5. The minimum Gasteiger partial charge on any atom is -0.370 e. The van der Waals surface area contributed by atoms with Crippen molar-refractivity contribution >= 4 is 33.9 Å². The minimum atomic E-state index is 0.743. The van der Waals surface area contributed by atoms with E-state index in [1.807, 2.05) is 30.0 Å². The summed E-state index contributed by atoms with van der Waals surface area (Å²) < 4.78 is 0. The molecule has 2 aromatic heterocycles. The van der Waals surface area contributed by atoms with E-state index in [4.69, 9.17) is 0 Å². The molecule has 4 rings (SSSR count). The third kappa shape index (κ3) is 4.11. The molecule has 3 aromatic rings. The van der Waals surface area contributed by atoms with Gasteiger partial charge in [-0.3, -0.25) is 4.98 Å². The van der Waals surface area contributed by atoms with Gasteiger partial charge in [-0.1, -0.05) is 29.5 Å². The molecular weight excluding hydrogens is 350 g/mol. The second kappa shape index (κ2) is 7.84. The Bertz CT molecular complexity index is 798. The van der Waals surface area contributed by atoms with Crippen LogP contribution in [-0.4, -0.2) is 39.8 Å². The number of nitrogens with one attached hydrogen (secondary N) is 1. The zero-order valence-corrected chi connectivity index (χ0v) is 15.4. The predicted octanol–water partition coefficient (Wildman–Crippen LogP) is 3.77. The topological polar surface area (TPSA) is 53.9 Å². The Balaban J connectivity index is 1.36. The van der Waals surface area contributed by atoms with Crippen molar-refractivity contribution in [2.45, 2.75) is 6.54 Å². The smallest absolute Gasteiger partial charge is 0.206 e. The number of benzene rings is 1. The summed E-state index contributed by atoms with van der Waals surface area (Å²) in [6, 6.07) is 14.6. The molecule has 1 aliphatic heterocycles. The Kier molecular flexibility index (Phi) is 5.13. The lowest BCUT2D eigenvalue weighted by atomic mass is 10.2. The summed E-state index contributed by atoms with van der Waals surface area (Å²) in [5.74, 6) is 2.44. The molecule has 1 N–H and O–H groups in total. The van der Waals surface area contributed by atoms with E-state index < -0.39 is 0 Å². The maximum Gasteiger partial charge on any atom is 0.206 e. The van der Waals surface area contributed by atoms with Gasteiger partial charge in [0, 0.05) is 43.0 Å². The molecule has 1 fully saturated rings. The van der Waals surface area contributed by atoms with Crippen molar-refractivity contribution in [3.05, 3.63) is 54.2 Å². The van der Waals surface area contributed by atoms with Crippen molar-refractivity contribution in [2.75, 3.05) is 34.8 Å². The highest BCUT2D eigenvalue weighted by molar-refractivity contribution is 7.99. The summed E-state index contributed by atoms with van der Waals surface area (Å²) in [5.41, 5.74) is 3.42. The lowest BCUT2D eigenvalue weighted by Crippen LogP contribution is -2.32. The van der Waals surface area contributed by atoms with Crippen LogP contribution in [0, 0.1) is 0 Å². The molecule has 0 saturated carbocycles. The van der Waals surface area contributed by atoms with Crippen LogP contribution in [0.3, 0.4) is 0 Å². The van der Waals surface area contributed by atoms with E-state index in [1.165, 1.54) is 34.1 Å². The zero-order chi connectivity index (χ0) is 16.9. The summed E-state index contributed by atoms with van der Waals surface area (Å²) >= 11 is 3.56. The van der Waals surface area contributed by atoms with Crippen LogP contribution in [0.5, 0.6) is 0 Å². The van der Waals surface area contributed by atoms with Crippen LogP contribution in [0.1, 0.15) is 5.56 Å². The third-order valence-corrected chi connectivity index (χ3v) is 5.91. The average Bonchev–Trinajstić information content (AvgIpc) is 3.17. The van der Waals surface area contributed by atoms with Gasteiger partial charge in [0.1, 0.15) is 5.69 Å². The molecule has 5 nitrogen and oxygen atoms in total. The molecule has 0 amide bonds. The van der Waals surface area contributed by atoms with Crippen molar-refractivity contribution in [2.24, 2.45) is 0 Å². The number of anilines is 2. The molecular formula is C18H19N5S2. The molecule has 7 heteroatoms. The van der Waals surface area contributed by atoms with E-state index in [1.54, 1.807) is 6.20 Å². The highest BCUT2D eigenvalue weighted by Crippen LogP contribution is 2.25. The van der Waals surface area contributed by atoms with Crippen LogP contribution in [0.2, 0.25) is 0 Å². The molecule has 128 valence electrons. The third-order valence-electron chi connectivity index (χ3n) is 4.07. The normalized spacial score (nSPS) is 14.5. The Hall–Kier alpha value is -2.12. The molecule has 0 aliphatic carbocycles. The fourth-order valence-corrected chi connectivity index (χ4v) is 4.33. The van der Waals surface area contributed by atoms with Crippen molar-refractivity contribution < 1.29 is 0 Å². The van der Waals surface area contributed by atoms with Crippen molar-refractivity contribution in [3.63, 3.8) is 0 Å². The number of thioether (sulfide) groups is 1. The lowest BCUT2D eigenvalue weighted by molar-refractivity contribution is 0.858. The Morgan fingerprint density at radius 2 is 1.84 bits per heavy atom. The van der Waals surface area contributed by atoms with Gasteiger partial charge in [-0.2, -0.15) is 11.8 Å². The number of hydrogen-bond acceptors (Lipinski definition) is 7. The van der Waals surface area contributed by atoms with Crippen LogP contribution < -0.4 is 10.2 Å². The Morgan fingerprint density at radius 1 is 1.00 bits per heavy atom. The standard InChI is InChI=1S/C18H19N5S2/c1-2-8-19-16(3-1)17-21-22-18(25-17)20-13-14-4-6-15(7-5-14)23-9-11-24-12-10-23/h1-8H,9-13H2,(H,20,22). The van der Waals surface area contributed by atoms with Gasteiger partial charge in [-0.25, -0.2) is 0 Å². The molecule has 0 unspecified atom stereocenters. The summed E-state index contributed by atoms with van der Waals surface area (Å²) in [4.78, 5) is 6.76. The minimum absolute atomic E-state index is 0.743. The first-order chi connectivity index (χ1) is 12.4. The fraction of sp³-hybridized carbons (Fsp3) is 0.278. The maximum absolute atomic E-state index is 4.31. The summed E-state index contributed by atoms with van der Waals surface area (Å²) in [6.45, 7) is 3.03. The summed E-state index contributed by atoms with van der Waals surface area (Å²) in [6.07, 6.45) is 1.77. The van der Waals surface area contributed by atoms with Crippen molar-refractivity contribution in [3.8, 4) is 10.7 Å². The van der Waals surface area contributed by atoms with Crippen LogP contribution in [0.15, 0.2) is 48.7 Å². The Morgan fingerprint density at radius 3 is 2.60 bits per heavy atom. The first-order valence-corrected chi connectivity index (χ1v) is 10.3. The van der Waals surface area contributed by atoms with Gasteiger partial charge in [-0.05, 0) is 29.8 Å². The van der Waals surface area contributed by atoms with Gasteiger partial charge in [0.15, 0.2) is 5.01 Å². The van der Waals surface area contributed by atoms with E-state index >= 15 is 0 Å². The monoisotopic (exact) mass is 369 g/mol. The quantitative estimate of drug-likeness (QED) is 0.739. The average molecular weight is 370 g/mol. The molecule has 0 atom stereocenters. The molecule has 25 heavy (non-hydrogen) atoms. The molecule has 0 spiro atoms. The molecule has 0 radical (unpaired) electrons. The second-order valence-corrected chi connectivity index (χ2v) is 7.95. The molecule has 0 bridgehead atoms. The fourth-order valence-electron chi connectivity index (χ4n) is 2.71. The first-order valence-electron chi connectivity index (χ1n) is 8.29. The van der Waals surface area contributed by atoms with Crippen LogP contribution >= 0.6 is 23.1 Å². The zero-order valence-electron chi connectivity index (χ0n) is 13.8. The number of nitrogens with zero attached hydrogens (tertiary/aromatic N) is 4. The first kappa shape index (κ1) is 16.4. The van der Waals surface area contributed by atoms with Crippen molar-refractivity contribution in [1.82, 2.24) is 15.2 Å². The van der Waals surface area contributed by atoms with E-state index in [0.717, 1.165) is 35.5 Å². The number of aromatic nitrogens is 3.